The van der Waals surface area contributed by atoms with E-state index in [4.69, 9.17) is 0 Å². The number of piperidine rings is 1. The van der Waals surface area contributed by atoms with Gasteiger partial charge in [-0.2, -0.15) is 0 Å². The first-order chi connectivity index (χ1) is 11.0. The third-order valence-electron chi connectivity index (χ3n) is 3.92. The number of rotatable bonds is 3. The van der Waals surface area contributed by atoms with Crippen LogP contribution >= 0.6 is 0 Å². The lowest BCUT2D eigenvalue weighted by molar-refractivity contribution is -0.117. The summed E-state index contributed by atoms with van der Waals surface area (Å²) in [6.07, 6.45) is 2.41. The van der Waals surface area contributed by atoms with Gasteiger partial charge in [0.25, 0.3) is 0 Å². The van der Waals surface area contributed by atoms with E-state index in [2.05, 4.69) is 10.1 Å². The largest absolute Gasteiger partial charge is 0.453 e. The number of nitrogens with one attached hydrogen (secondary N) is 1. The fourth-order valence-corrected chi connectivity index (χ4v) is 2.63. The minimum atomic E-state index is -0.347. The predicted octanol–water partition coefficient (Wildman–Crippen LogP) is 2.58. The third kappa shape index (κ3) is 4.55. The lowest BCUT2D eigenvalue weighted by atomic mass is 10.0. The number of nitrogens with zero attached hydrogens (tertiary/aromatic N) is 1. The topological polar surface area (TPSA) is 58.6 Å². The molecule has 0 bridgehead atoms. The van der Waals surface area contributed by atoms with Gasteiger partial charge < -0.3 is 15.0 Å². The number of hydrogen-bond acceptors (Lipinski definition) is 3. The van der Waals surface area contributed by atoms with Gasteiger partial charge in [-0.05, 0) is 31.4 Å². The molecular formula is C17H21FN2O3. The van der Waals surface area contributed by atoms with Gasteiger partial charge in [0.2, 0.25) is 5.91 Å². The average molecular weight is 320 g/mol. The highest BCUT2D eigenvalue weighted by molar-refractivity contribution is 5.95. The van der Waals surface area contributed by atoms with Crippen LogP contribution in [-0.2, 0) is 9.53 Å². The molecule has 6 heteroatoms. The Hall–Kier alpha value is -2.37. The van der Waals surface area contributed by atoms with Gasteiger partial charge in [0.1, 0.15) is 5.82 Å². The number of likely N-dealkylation sites (tertiary alicyclic amines) is 1. The van der Waals surface area contributed by atoms with E-state index >= 15 is 0 Å². The summed E-state index contributed by atoms with van der Waals surface area (Å²) in [7, 11) is 1.35. The lowest BCUT2D eigenvalue weighted by Gasteiger charge is -2.31. The lowest BCUT2D eigenvalue weighted by Crippen LogP contribution is -2.46. The van der Waals surface area contributed by atoms with Crippen LogP contribution in [0.2, 0.25) is 0 Å². The van der Waals surface area contributed by atoms with Crippen LogP contribution in [0.5, 0.6) is 0 Å². The van der Waals surface area contributed by atoms with Gasteiger partial charge in [-0.25, -0.2) is 9.18 Å². The zero-order valence-electron chi connectivity index (χ0n) is 13.3. The maximum atomic E-state index is 13.7. The van der Waals surface area contributed by atoms with Crippen LogP contribution in [0.25, 0.3) is 5.57 Å². The molecular weight excluding hydrogens is 299 g/mol. The Morgan fingerprint density at radius 2 is 1.96 bits per heavy atom. The summed E-state index contributed by atoms with van der Waals surface area (Å²) >= 11 is 0. The Labute approximate surface area is 135 Å². The molecule has 0 aromatic heterocycles. The van der Waals surface area contributed by atoms with Gasteiger partial charge in [-0.3, -0.25) is 4.79 Å². The van der Waals surface area contributed by atoms with Crippen LogP contribution in [0.15, 0.2) is 30.3 Å². The molecule has 1 aliphatic rings. The molecule has 2 amide bonds. The van der Waals surface area contributed by atoms with Crippen LogP contribution in [0.4, 0.5) is 9.18 Å². The first kappa shape index (κ1) is 17.0. The van der Waals surface area contributed by atoms with Crippen molar-refractivity contribution in [3.8, 4) is 0 Å². The molecule has 0 unspecified atom stereocenters. The summed E-state index contributed by atoms with van der Waals surface area (Å²) in [6.45, 7) is 2.80. The minimum Gasteiger partial charge on any atom is -0.453 e. The van der Waals surface area contributed by atoms with Crippen molar-refractivity contribution in [2.24, 2.45) is 0 Å². The average Bonchev–Trinajstić information content (AvgIpc) is 2.55. The maximum absolute atomic E-state index is 13.7. The van der Waals surface area contributed by atoms with Gasteiger partial charge in [-0.15, -0.1) is 0 Å². The van der Waals surface area contributed by atoms with E-state index in [9.17, 15) is 14.0 Å². The second-order valence-electron chi connectivity index (χ2n) is 5.55. The molecule has 23 heavy (non-hydrogen) atoms. The maximum Gasteiger partial charge on any atom is 0.409 e. The molecule has 0 radical (unpaired) electrons. The van der Waals surface area contributed by atoms with Crippen molar-refractivity contribution in [1.82, 2.24) is 10.2 Å². The van der Waals surface area contributed by atoms with Gasteiger partial charge in [-0.1, -0.05) is 18.2 Å². The Kier molecular flexibility index (Phi) is 5.73. The van der Waals surface area contributed by atoms with Crippen LogP contribution in [-0.4, -0.2) is 43.1 Å². The molecule has 5 nitrogen and oxygen atoms in total. The first-order valence-electron chi connectivity index (χ1n) is 7.58. The standard InChI is InChI=1S/C17H21FN2O3/c1-12(14-5-3-4-6-15(14)18)11-16(21)19-13-7-9-20(10-8-13)17(22)23-2/h3-6,11,13H,7-10H2,1-2H3,(H,19,21)/b12-11-. The van der Waals surface area contributed by atoms with Crippen molar-refractivity contribution in [2.75, 3.05) is 20.2 Å². The zero-order valence-corrected chi connectivity index (χ0v) is 13.3. The first-order valence-corrected chi connectivity index (χ1v) is 7.58. The van der Waals surface area contributed by atoms with Gasteiger partial charge in [0, 0.05) is 30.8 Å². The summed E-state index contributed by atoms with van der Waals surface area (Å²) in [5, 5.41) is 2.90. The monoisotopic (exact) mass is 320 g/mol. The highest BCUT2D eigenvalue weighted by Crippen LogP contribution is 2.17. The number of ether oxygens (including phenoxy) is 1. The van der Waals surface area contributed by atoms with Crippen molar-refractivity contribution in [3.05, 3.63) is 41.7 Å². The number of amides is 2. The van der Waals surface area contributed by atoms with Gasteiger partial charge in [0.05, 0.1) is 7.11 Å². The summed E-state index contributed by atoms with van der Waals surface area (Å²) in [5.74, 6) is -0.595. The summed E-state index contributed by atoms with van der Waals surface area (Å²) in [4.78, 5) is 25.1. The molecule has 1 heterocycles. The quantitative estimate of drug-likeness (QED) is 0.871. The van der Waals surface area contributed by atoms with Crippen LogP contribution in [0.3, 0.4) is 0 Å². The normalized spacial score (nSPS) is 16.1. The predicted molar refractivity (Wildman–Crippen MR) is 85.2 cm³/mol. The Balaban J connectivity index is 1.89. The van der Waals surface area contributed by atoms with Crippen molar-refractivity contribution < 1.29 is 18.7 Å². The molecule has 1 fully saturated rings. The van der Waals surface area contributed by atoms with E-state index < -0.39 is 0 Å². The number of benzene rings is 1. The fraction of sp³-hybridized carbons (Fsp3) is 0.412. The number of allylic oxidation sites excluding steroid dienone is 1. The molecule has 0 aliphatic carbocycles. The van der Waals surface area contributed by atoms with E-state index in [1.807, 2.05) is 0 Å². The number of methoxy groups -OCH3 is 1. The molecule has 2 rings (SSSR count). The van der Waals surface area contributed by atoms with Crippen molar-refractivity contribution >= 4 is 17.6 Å². The van der Waals surface area contributed by atoms with E-state index in [0.717, 1.165) is 0 Å². The second-order valence-corrected chi connectivity index (χ2v) is 5.55. The molecule has 1 saturated heterocycles. The van der Waals surface area contributed by atoms with E-state index in [-0.39, 0.29) is 23.9 Å². The highest BCUT2D eigenvalue weighted by atomic mass is 19.1. The van der Waals surface area contributed by atoms with Crippen LogP contribution in [0.1, 0.15) is 25.3 Å². The van der Waals surface area contributed by atoms with E-state index in [0.29, 0.717) is 37.1 Å². The Bertz CT molecular complexity index is 608. The van der Waals surface area contributed by atoms with Gasteiger partial charge in [0.15, 0.2) is 0 Å². The smallest absolute Gasteiger partial charge is 0.409 e. The van der Waals surface area contributed by atoms with Crippen molar-refractivity contribution in [2.45, 2.75) is 25.8 Å². The molecule has 124 valence electrons. The minimum absolute atomic E-state index is 0.00748. The number of halogens is 1. The van der Waals surface area contributed by atoms with Gasteiger partial charge >= 0.3 is 6.09 Å². The highest BCUT2D eigenvalue weighted by Gasteiger charge is 2.23. The summed E-state index contributed by atoms with van der Waals surface area (Å²) in [6, 6.07) is 6.36. The molecule has 1 aliphatic heterocycles. The molecule has 0 saturated carbocycles. The number of carbonyl (C=O) groups is 2. The van der Waals surface area contributed by atoms with E-state index in [1.165, 1.54) is 19.3 Å². The molecule has 0 atom stereocenters. The fourth-order valence-electron chi connectivity index (χ4n) is 2.63. The second kappa shape index (κ2) is 7.76. The zero-order chi connectivity index (χ0) is 16.8. The Morgan fingerprint density at radius 3 is 2.57 bits per heavy atom. The van der Waals surface area contributed by atoms with Crippen molar-refractivity contribution in [1.29, 1.82) is 0 Å². The SMILES string of the molecule is COC(=O)N1CCC(NC(=O)/C=C(/C)c2ccccc2F)CC1. The molecule has 1 aromatic carbocycles. The molecule has 0 spiro atoms. The van der Waals surface area contributed by atoms with Crippen LogP contribution < -0.4 is 5.32 Å². The number of hydrogen-bond donors (Lipinski definition) is 1. The summed E-state index contributed by atoms with van der Waals surface area (Å²) in [5.41, 5.74) is 0.996. The van der Waals surface area contributed by atoms with E-state index in [1.54, 1.807) is 30.0 Å². The third-order valence-corrected chi connectivity index (χ3v) is 3.92. The van der Waals surface area contributed by atoms with Crippen LogP contribution in [0, 0.1) is 5.82 Å². The molecule has 1 aromatic rings. The molecule has 1 N–H and O–H groups in total. The van der Waals surface area contributed by atoms with Crippen molar-refractivity contribution in [3.63, 3.8) is 0 Å². The Morgan fingerprint density at radius 1 is 1.30 bits per heavy atom. The number of carbonyl (C=O) groups excluding carboxylic acids is 2. The summed E-state index contributed by atoms with van der Waals surface area (Å²) < 4.78 is 18.4.